The number of hydrogen-bond donors (Lipinski definition) is 2. The van der Waals surface area contributed by atoms with E-state index in [-0.39, 0.29) is 23.7 Å². The number of aromatic nitrogens is 2. The van der Waals surface area contributed by atoms with Crippen molar-refractivity contribution in [3.63, 3.8) is 0 Å². The van der Waals surface area contributed by atoms with Gasteiger partial charge in [-0.2, -0.15) is 0 Å². The van der Waals surface area contributed by atoms with Crippen molar-refractivity contribution in [1.29, 1.82) is 0 Å². The van der Waals surface area contributed by atoms with Gasteiger partial charge in [0.2, 0.25) is 17.7 Å². The molecule has 0 aromatic carbocycles. The number of nitrogens with zero attached hydrogens (tertiary/aromatic N) is 3. The first-order valence-electron chi connectivity index (χ1n) is 12.5. The van der Waals surface area contributed by atoms with Crippen molar-refractivity contribution >= 4 is 29.2 Å². The van der Waals surface area contributed by atoms with Gasteiger partial charge in [0, 0.05) is 18.3 Å². The smallest absolute Gasteiger partial charge is 0.246 e. The summed E-state index contributed by atoms with van der Waals surface area (Å²) in [6.45, 7) is 3.51. The number of hydrogen-bond acceptors (Lipinski definition) is 7. The zero-order valence-electron chi connectivity index (χ0n) is 20.3. The van der Waals surface area contributed by atoms with E-state index in [2.05, 4.69) is 20.8 Å². The number of fused-ring (bicyclic) bond motifs is 1. The van der Waals surface area contributed by atoms with Gasteiger partial charge in [0.25, 0.3) is 0 Å². The zero-order valence-corrected chi connectivity index (χ0v) is 20.3. The van der Waals surface area contributed by atoms with Crippen LogP contribution in [0.1, 0.15) is 44.8 Å². The van der Waals surface area contributed by atoms with E-state index in [0.717, 1.165) is 32.1 Å². The molecule has 0 unspecified atom stereocenters. The van der Waals surface area contributed by atoms with Gasteiger partial charge in [-0.05, 0) is 38.8 Å². The monoisotopic (exact) mass is 491 g/mol. The van der Waals surface area contributed by atoms with Gasteiger partial charge < -0.3 is 19.9 Å². The highest BCUT2D eigenvalue weighted by Gasteiger charge is 2.76. The highest BCUT2D eigenvalue weighted by atomic mass is 16.5. The number of rotatable bonds is 5. The van der Waals surface area contributed by atoms with E-state index < -0.39 is 35.0 Å². The molecule has 10 heteroatoms. The Hall–Kier alpha value is -3.53. The molecule has 2 aromatic heterocycles. The SMILES string of the molecule is Cc1cc(NC(=O)[C@H]2[C@@H]3C(=O)N(c4cccnc4)[C@H](C(=O)NC4CCCCC4)[C@@]34C=C[C@]2(C)O4)no1. The molecule has 3 fully saturated rings. The van der Waals surface area contributed by atoms with Crippen LogP contribution in [0.3, 0.4) is 0 Å². The van der Waals surface area contributed by atoms with E-state index in [0.29, 0.717) is 11.4 Å². The van der Waals surface area contributed by atoms with E-state index in [4.69, 9.17) is 9.26 Å². The molecular weight excluding hydrogens is 462 g/mol. The number of amides is 3. The molecule has 0 radical (unpaired) electrons. The maximum Gasteiger partial charge on any atom is 0.246 e. The molecule has 2 saturated heterocycles. The topological polar surface area (TPSA) is 127 Å². The van der Waals surface area contributed by atoms with Crippen molar-refractivity contribution in [2.24, 2.45) is 11.8 Å². The summed E-state index contributed by atoms with van der Waals surface area (Å²) in [6.07, 6.45) is 11.9. The number of pyridine rings is 1. The lowest BCUT2D eigenvalue weighted by molar-refractivity contribution is -0.131. The maximum absolute atomic E-state index is 14.1. The lowest BCUT2D eigenvalue weighted by Gasteiger charge is -2.34. The molecule has 2 N–H and O–H groups in total. The number of aryl methyl sites for hydroxylation is 1. The minimum absolute atomic E-state index is 0.0558. The zero-order chi connectivity index (χ0) is 25.1. The van der Waals surface area contributed by atoms with Gasteiger partial charge in [-0.25, -0.2) is 0 Å². The van der Waals surface area contributed by atoms with Crippen molar-refractivity contribution in [2.75, 3.05) is 10.2 Å². The lowest BCUT2D eigenvalue weighted by Crippen LogP contribution is -2.56. The number of carbonyl (C=O) groups is 3. The summed E-state index contributed by atoms with van der Waals surface area (Å²) in [5.74, 6) is -1.95. The van der Waals surface area contributed by atoms with Crippen molar-refractivity contribution in [3.05, 3.63) is 48.5 Å². The fourth-order valence-corrected chi connectivity index (χ4v) is 6.46. The molecule has 2 bridgehead atoms. The van der Waals surface area contributed by atoms with E-state index in [1.807, 2.05) is 6.08 Å². The molecule has 188 valence electrons. The summed E-state index contributed by atoms with van der Waals surface area (Å²) in [5.41, 5.74) is -1.83. The van der Waals surface area contributed by atoms with Gasteiger partial charge in [-0.1, -0.05) is 36.6 Å². The molecule has 6 rings (SSSR count). The molecular formula is C26H29N5O5. The molecule has 3 aliphatic heterocycles. The Morgan fingerprint density at radius 1 is 1.17 bits per heavy atom. The predicted octanol–water partition coefficient (Wildman–Crippen LogP) is 2.51. The molecule has 36 heavy (non-hydrogen) atoms. The first kappa shape index (κ1) is 22.9. The van der Waals surface area contributed by atoms with E-state index in [9.17, 15) is 14.4 Å². The van der Waals surface area contributed by atoms with Crippen molar-refractivity contribution < 1.29 is 23.6 Å². The third-order valence-corrected chi connectivity index (χ3v) is 7.98. The quantitative estimate of drug-likeness (QED) is 0.616. The van der Waals surface area contributed by atoms with Gasteiger partial charge in [0.15, 0.2) is 5.82 Å². The number of nitrogens with one attached hydrogen (secondary N) is 2. The van der Waals surface area contributed by atoms with E-state index in [1.54, 1.807) is 50.5 Å². The van der Waals surface area contributed by atoms with E-state index >= 15 is 0 Å². The molecule has 1 aliphatic carbocycles. The van der Waals surface area contributed by atoms with Gasteiger partial charge in [0.05, 0.1) is 29.3 Å². The second-order valence-corrected chi connectivity index (χ2v) is 10.4. The summed E-state index contributed by atoms with van der Waals surface area (Å²) in [7, 11) is 0. The molecule has 3 amide bonds. The third-order valence-electron chi connectivity index (χ3n) is 7.98. The summed E-state index contributed by atoms with van der Waals surface area (Å²) in [4.78, 5) is 47.1. The number of anilines is 2. The van der Waals surface area contributed by atoms with Gasteiger partial charge in [0.1, 0.15) is 17.4 Å². The Bertz CT molecular complexity index is 1240. The Balaban J connectivity index is 1.39. The molecule has 1 spiro atoms. The summed E-state index contributed by atoms with van der Waals surface area (Å²) >= 11 is 0. The summed E-state index contributed by atoms with van der Waals surface area (Å²) < 4.78 is 11.6. The normalized spacial score (nSPS) is 33.1. The minimum atomic E-state index is -1.28. The first-order chi connectivity index (χ1) is 17.3. The standard InChI is InChI=1S/C26H29N5O5/c1-15-13-18(30-35-15)29-22(32)19-20-24(34)31(17-9-6-12-27-14-17)21(26(20)11-10-25(19,2)36-26)23(33)28-16-7-4-3-5-8-16/h6,9-14,16,19-21H,3-5,7-8H2,1-2H3,(H,28,33)(H,29,30,32)/t19-,20-,21-,25+,26-/m1/s1. The van der Waals surface area contributed by atoms with Crippen LogP contribution in [0.5, 0.6) is 0 Å². The van der Waals surface area contributed by atoms with Crippen LogP contribution >= 0.6 is 0 Å². The molecule has 1 saturated carbocycles. The average molecular weight is 492 g/mol. The second-order valence-electron chi connectivity index (χ2n) is 10.4. The fourth-order valence-electron chi connectivity index (χ4n) is 6.46. The highest BCUT2D eigenvalue weighted by Crippen LogP contribution is 2.60. The second kappa shape index (κ2) is 8.26. The van der Waals surface area contributed by atoms with Crippen LogP contribution in [-0.4, -0.2) is 51.1 Å². The van der Waals surface area contributed by atoms with Crippen molar-refractivity contribution in [2.45, 2.75) is 69.2 Å². The summed E-state index contributed by atoms with van der Waals surface area (Å²) in [5, 5.41) is 9.80. The molecule has 10 nitrogen and oxygen atoms in total. The van der Waals surface area contributed by atoms with Gasteiger partial charge >= 0.3 is 0 Å². The average Bonchev–Trinajstić information content (AvgIpc) is 3.57. The number of carbonyl (C=O) groups excluding carboxylic acids is 3. The Kier molecular flexibility index (Phi) is 5.26. The van der Waals surface area contributed by atoms with Crippen molar-refractivity contribution in [3.8, 4) is 0 Å². The minimum Gasteiger partial charge on any atom is -0.360 e. The summed E-state index contributed by atoms with van der Waals surface area (Å²) in [6, 6.07) is 4.16. The first-order valence-corrected chi connectivity index (χ1v) is 12.5. The van der Waals surface area contributed by atoms with Crippen LogP contribution < -0.4 is 15.5 Å². The Labute approximate surface area is 208 Å². The molecule has 4 aliphatic rings. The van der Waals surface area contributed by atoms with Gasteiger partial charge in [-0.3, -0.25) is 24.3 Å². The maximum atomic E-state index is 14.1. The molecule has 5 heterocycles. The van der Waals surface area contributed by atoms with Crippen LogP contribution in [0.2, 0.25) is 0 Å². The largest absolute Gasteiger partial charge is 0.360 e. The number of ether oxygens (including phenoxy) is 1. The van der Waals surface area contributed by atoms with Crippen molar-refractivity contribution in [1.82, 2.24) is 15.5 Å². The molecule has 2 aromatic rings. The third kappa shape index (κ3) is 3.38. The van der Waals surface area contributed by atoms with Gasteiger partial charge in [-0.15, -0.1) is 0 Å². The highest BCUT2D eigenvalue weighted by molar-refractivity contribution is 6.11. The Morgan fingerprint density at radius 3 is 2.67 bits per heavy atom. The predicted molar refractivity (Wildman–Crippen MR) is 129 cm³/mol. The molecule has 5 atom stereocenters. The van der Waals surface area contributed by atoms with Crippen LogP contribution in [0.4, 0.5) is 11.5 Å². The van der Waals surface area contributed by atoms with Crippen LogP contribution in [0.25, 0.3) is 0 Å². The lowest BCUT2D eigenvalue weighted by atomic mass is 9.70. The van der Waals surface area contributed by atoms with Crippen LogP contribution in [0, 0.1) is 18.8 Å². The van der Waals surface area contributed by atoms with E-state index in [1.165, 1.54) is 4.90 Å². The van der Waals surface area contributed by atoms with Crippen LogP contribution in [-0.2, 0) is 19.1 Å². The Morgan fingerprint density at radius 2 is 1.97 bits per heavy atom. The van der Waals surface area contributed by atoms with Crippen LogP contribution in [0.15, 0.2) is 47.3 Å². The fraction of sp³-hybridized carbons (Fsp3) is 0.500.